The molecule has 0 radical (unpaired) electrons. The maximum Gasteiger partial charge on any atom is 0.319 e. The van der Waals surface area contributed by atoms with Crippen molar-refractivity contribution in [1.29, 1.82) is 0 Å². The van der Waals surface area contributed by atoms with E-state index in [9.17, 15) is 9.90 Å². The maximum absolute atomic E-state index is 11.8. The summed E-state index contributed by atoms with van der Waals surface area (Å²) in [6, 6.07) is 7.02. The molecule has 110 valence electrons. The number of hydrogen-bond donors (Lipinski definition) is 3. The van der Waals surface area contributed by atoms with Crippen molar-refractivity contribution >= 4 is 11.7 Å². The van der Waals surface area contributed by atoms with Gasteiger partial charge >= 0.3 is 6.03 Å². The smallest absolute Gasteiger partial charge is 0.319 e. The first-order valence-corrected chi connectivity index (χ1v) is 7.04. The van der Waals surface area contributed by atoms with Crippen LogP contribution >= 0.6 is 0 Å². The summed E-state index contributed by atoms with van der Waals surface area (Å²) in [5, 5.41) is 15.1. The molecule has 2 rings (SSSR count). The van der Waals surface area contributed by atoms with Gasteiger partial charge in [-0.25, -0.2) is 4.79 Å². The standard InChI is InChI=1S/C15H22N2O3/c1-20-14-8-4-12(5-9-14)17-15(19)16-10-11-2-6-13(18)7-3-11/h4-5,8-9,11,13,18H,2-3,6-7,10H2,1H3,(H2,16,17,19). The molecule has 1 aliphatic carbocycles. The minimum absolute atomic E-state index is 0.153. The molecule has 1 fully saturated rings. The van der Waals surface area contributed by atoms with E-state index in [0.717, 1.165) is 37.1 Å². The molecule has 0 saturated heterocycles. The monoisotopic (exact) mass is 278 g/mol. The van der Waals surface area contributed by atoms with Crippen molar-refractivity contribution in [2.75, 3.05) is 19.0 Å². The second kappa shape index (κ2) is 7.14. The molecular weight excluding hydrogens is 256 g/mol. The predicted octanol–water partition coefficient (Wildman–Crippen LogP) is 2.37. The van der Waals surface area contributed by atoms with Gasteiger partial charge in [0.15, 0.2) is 0 Å². The van der Waals surface area contributed by atoms with Gasteiger partial charge in [0.25, 0.3) is 0 Å². The molecule has 0 atom stereocenters. The molecule has 0 aliphatic heterocycles. The van der Waals surface area contributed by atoms with E-state index < -0.39 is 0 Å². The average molecular weight is 278 g/mol. The lowest BCUT2D eigenvalue weighted by Gasteiger charge is -2.25. The molecule has 0 heterocycles. The van der Waals surface area contributed by atoms with Crippen LogP contribution in [0.5, 0.6) is 5.75 Å². The zero-order valence-corrected chi connectivity index (χ0v) is 11.8. The third-order valence-corrected chi connectivity index (χ3v) is 3.72. The summed E-state index contributed by atoms with van der Waals surface area (Å²) < 4.78 is 5.06. The summed E-state index contributed by atoms with van der Waals surface area (Å²) in [7, 11) is 1.61. The molecule has 2 amide bonds. The van der Waals surface area contributed by atoms with E-state index in [4.69, 9.17) is 4.74 Å². The number of carbonyl (C=O) groups excluding carboxylic acids is 1. The van der Waals surface area contributed by atoms with Gasteiger partial charge in [-0.3, -0.25) is 0 Å². The van der Waals surface area contributed by atoms with Gasteiger partial charge in [-0.05, 0) is 55.9 Å². The summed E-state index contributed by atoms with van der Waals surface area (Å²) in [5.74, 6) is 1.23. The molecule has 0 bridgehead atoms. The zero-order valence-electron chi connectivity index (χ0n) is 11.8. The highest BCUT2D eigenvalue weighted by molar-refractivity contribution is 5.89. The van der Waals surface area contributed by atoms with Crippen molar-refractivity contribution in [3.63, 3.8) is 0 Å². The fourth-order valence-electron chi connectivity index (χ4n) is 2.44. The van der Waals surface area contributed by atoms with Crippen LogP contribution in [0.1, 0.15) is 25.7 Å². The minimum atomic E-state index is -0.193. The summed E-state index contributed by atoms with van der Waals surface area (Å²) in [5.41, 5.74) is 0.738. The normalized spacial score (nSPS) is 22.1. The first-order valence-electron chi connectivity index (χ1n) is 7.04. The van der Waals surface area contributed by atoms with E-state index >= 15 is 0 Å². The number of nitrogens with one attached hydrogen (secondary N) is 2. The number of anilines is 1. The molecule has 0 spiro atoms. The Labute approximate surface area is 119 Å². The molecule has 1 aromatic rings. The van der Waals surface area contributed by atoms with Crippen LogP contribution in [0.2, 0.25) is 0 Å². The van der Waals surface area contributed by atoms with Gasteiger partial charge in [0.05, 0.1) is 13.2 Å². The van der Waals surface area contributed by atoms with Gasteiger partial charge in [-0.2, -0.15) is 0 Å². The molecular formula is C15H22N2O3. The van der Waals surface area contributed by atoms with Gasteiger partial charge in [0.2, 0.25) is 0 Å². The fourth-order valence-corrected chi connectivity index (χ4v) is 2.44. The van der Waals surface area contributed by atoms with E-state index in [1.807, 2.05) is 0 Å². The quantitative estimate of drug-likeness (QED) is 0.792. The molecule has 3 N–H and O–H groups in total. The van der Waals surface area contributed by atoms with Crippen LogP contribution < -0.4 is 15.4 Å². The van der Waals surface area contributed by atoms with E-state index in [-0.39, 0.29) is 12.1 Å². The molecule has 0 unspecified atom stereocenters. The number of hydrogen-bond acceptors (Lipinski definition) is 3. The van der Waals surface area contributed by atoms with Gasteiger partial charge < -0.3 is 20.5 Å². The van der Waals surface area contributed by atoms with Crippen molar-refractivity contribution in [3.8, 4) is 5.75 Å². The summed E-state index contributed by atoms with van der Waals surface area (Å²) in [4.78, 5) is 11.8. The second-order valence-electron chi connectivity index (χ2n) is 5.24. The number of carbonyl (C=O) groups is 1. The SMILES string of the molecule is COc1ccc(NC(=O)NCC2CCC(O)CC2)cc1. The van der Waals surface area contributed by atoms with Gasteiger partial charge in [0.1, 0.15) is 5.75 Å². The van der Waals surface area contributed by atoms with E-state index in [1.54, 1.807) is 31.4 Å². The topological polar surface area (TPSA) is 70.6 Å². The average Bonchev–Trinajstić information content (AvgIpc) is 2.47. The Hall–Kier alpha value is -1.75. The highest BCUT2D eigenvalue weighted by atomic mass is 16.5. The first kappa shape index (κ1) is 14.7. The number of aliphatic hydroxyl groups excluding tert-OH is 1. The molecule has 1 aliphatic rings. The van der Waals surface area contributed by atoms with Crippen LogP contribution in [-0.2, 0) is 0 Å². The Balaban J connectivity index is 1.72. The van der Waals surface area contributed by atoms with Gasteiger partial charge in [-0.1, -0.05) is 0 Å². The van der Waals surface area contributed by atoms with Crippen molar-refractivity contribution in [2.45, 2.75) is 31.8 Å². The van der Waals surface area contributed by atoms with Crippen LogP contribution in [0.3, 0.4) is 0 Å². The highest BCUT2D eigenvalue weighted by Crippen LogP contribution is 2.23. The lowest BCUT2D eigenvalue weighted by molar-refractivity contribution is 0.109. The Morgan fingerprint density at radius 2 is 1.90 bits per heavy atom. The van der Waals surface area contributed by atoms with Crippen molar-refractivity contribution in [3.05, 3.63) is 24.3 Å². The largest absolute Gasteiger partial charge is 0.497 e. The van der Waals surface area contributed by atoms with Crippen LogP contribution in [-0.4, -0.2) is 30.9 Å². The molecule has 20 heavy (non-hydrogen) atoms. The van der Waals surface area contributed by atoms with E-state index in [0.29, 0.717) is 12.5 Å². The summed E-state index contributed by atoms with van der Waals surface area (Å²) in [6.45, 7) is 0.661. The van der Waals surface area contributed by atoms with Crippen LogP contribution in [0.4, 0.5) is 10.5 Å². The lowest BCUT2D eigenvalue weighted by Crippen LogP contribution is -2.34. The zero-order chi connectivity index (χ0) is 14.4. The number of methoxy groups -OCH3 is 1. The predicted molar refractivity (Wildman–Crippen MR) is 78.0 cm³/mol. The molecule has 5 heteroatoms. The minimum Gasteiger partial charge on any atom is -0.497 e. The maximum atomic E-state index is 11.8. The molecule has 5 nitrogen and oxygen atoms in total. The Morgan fingerprint density at radius 1 is 1.25 bits per heavy atom. The molecule has 1 saturated carbocycles. The van der Waals surface area contributed by atoms with Crippen molar-refractivity contribution in [1.82, 2.24) is 5.32 Å². The number of amides is 2. The number of rotatable bonds is 4. The molecule has 1 aromatic carbocycles. The van der Waals surface area contributed by atoms with Gasteiger partial charge in [-0.15, -0.1) is 0 Å². The van der Waals surface area contributed by atoms with Crippen LogP contribution in [0.25, 0.3) is 0 Å². The summed E-state index contributed by atoms with van der Waals surface area (Å²) >= 11 is 0. The Kier molecular flexibility index (Phi) is 5.24. The fraction of sp³-hybridized carbons (Fsp3) is 0.533. The number of urea groups is 1. The lowest BCUT2D eigenvalue weighted by atomic mass is 9.87. The number of benzene rings is 1. The second-order valence-corrected chi connectivity index (χ2v) is 5.24. The van der Waals surface area contributed by atoms with Crippen molar-refractivity contribution in [2.24, 2.45) is 5.92 Å². The van der Waals surface area contributed by atoms with E-state index in [1.165, 1.54) is 0 Å². The van der Waals surface area contributed by atoms with Crippen LogP contribution in [0, 0.1) is 5.92 Å². The number of aliphatic hydroxyl groups is 1. The van der Waals surface area contributed by atoms with Crippen LogP contribution in [0.15, 0.2) is 24.3 Å². The van der Waals surface area contributed by atoms with Crippen molar-refractivity contribution < 1.29 is 14.6 Å². The van der Waals surface area contributed by atoms with Gasteiger partial charge in [0, 0.05) is 12.2 Å². The third-order valence-electron chi connectivity index (χ3n) is 3.72. The summed E-state index contributed by atoms with van der Waals surface area (Å²) in [6.07, 6.45) is 3.48. The third kappa shape index (κ3) is 4.42. The Morgan fingerprint density at radius 3 is 2.50 bits per heavy atom. The number of ether oxygens (including phenoxy) is 1. The molecule has 0 aromatic heterocycles. The Bertz CT molecular complexity index is 425. The highest BCUT2D eigenvalue weighted by Gasteiger charge is 2.19. The first-order chi connectivity index (χ1) is 9.67. The van der Waals surface area contributed by atoms with E-state index in [2.05, 4.69) is 10.6 Å².